The topological polar surface area (TPSA) is 82.3 Å². The van der Waals surface area contributed by atoms with Crippen LogP contribution in [0.1, 0.15) is 34.7 Å². The minimum Gasteiger partial charge on any atom is -0.462 e. The zero-order chi connectivity index (χ0) is 11.4. The lowest BCUT2D eigenvalue weighted by molar-refractivity contribution is 0.0525. The van der Waals surface area contributed by atoms with Crippen LogP contribution in [0, 0.1) is 0 Å². The molecule has 15 heavy (non-hydrogen) atoms. The molecular formula is C10H12N2O3. The van der Waals surface area contributed by atoms with Crippen molar-refractivity contribution < 1.29 is 14.3 Å². The van der Waals surface area contributed by atoms with E-state index in [0.717, 1.165) is 0 Å². The van der Waals surface area contributed by atoms with E-state index in [2.05, 4.69) is 4.98 Å². The molecule has 80 valence electrons. The maximum atomic E-state index is 11.3. The fourth-order valence-corrected chi connectivity index (χ4v) is 1.10. The smallest absolute Gasteiger partial charge is 0.339 e. The Morgan fingerprint density at radius 2 is 2.20 bits per heavy atom. The number of aromatic nitrogens is 1. The molecule has 5 heteroatoms. The average molecular weight is 208 g/mol. The standard InChI is InChI=1S/C10H12N2O3/c1-3-15-10(14)7-4-8(11)9(6(2)13)12-5-7/h4-5H,3,11H2,1-2H3. The number of anilines is 1. The van der Waals surface area contributed by atoms with Crippen molar-refractivity contribution in [2.24, 2.45) is 0 Å². The van der Waals surface area contributed by atoms with E-state index in [-0.39, 0.29) is 29.3 Å². The van der Waals surface area contributed by atoms with Crippen LogP contribution < -0.4 is 5.73 Å². The number of carbonyl (C=O) groups excluding carboxylic acids is 2. The number of ketones is 1. The molecule has 1 heterocycles. The molecule has 2 N–H and O–H groups in total. The van der Waals surface area contributed by atoms with Crippen molar-refractivity contribution in [3.8, 4) is 0 Å². The minimum absolute atomic E-state index is 0.169. The van der Waals surface area contributed by atoms with E-state index in [1.54, 1.807) is 6.92 Å². The molecular weight excluding hydrogens is 196 g/mol. The molecule has 0 aliphatic carbocycles. The SMILES string of the molecule is CCOC(=O)c1cnc(C(C)=O)c(N)c1. The highest BCUT2D eigenvalue weighted by atomic mass is 16.5. The third-order valence-corrected chi connectivity index (χ3v) is 1.76. The summed E-state index contributed by atoms with van der Waals surface area (Å²) in [7, 11) is 0. The maximum absolute atomic E-state index is 11.3. The zero-order valence-corrected chi connectivity index (χ0v) is 8.61. The number of nitrogen functional groups attached to an aromatic ring is 1. The first kappa shape index (κ1) is 11.2. The summed E-state index contributed by atoms with van der Waals surface area (Å²) >= 11 is 0. The van der Waals surface area contributed by atoms with Crippen LogP contribution in [0.5, 0.6) is 0 Å². The highest BCUT2D eigenvalue weighted by molar-refractivity contribution is 5.99. The van der Waals surface area contributed by atoms with Crippen LogP contribution in [0.2, 0.25) is 0 Å². The molecule has 0 aliphatic heterocycles. The Morgan fingerprint density at radius 1 is 1.53 bits per heavy atom. The Kier molecular flexibility index (Phi) is 3.38. The van der Waals surface area contributed by atoms with Crippen LogP contribution in [0.4, 0.5) is 5.69 Å². The second kappa shape index (κ2) is 4.54. The van der Waals surface area contributed by atoms with Crippen molar-refractivity contribution in [3.63, 3.8) is 0 Å². The van der Waals surface area contributed by atoms with Crippen LogP contribution in [-0.4, -0.2) is 23.3 Å². The van der Waals surface area contributed by atoms with Gasteiger partial charge in [-0.3, -0.25) is 9.78 Å². The number of nitrogens with zero attached hydrogens (tertiary/aromatic N) is 1. The highest BCUT2D eigenvalue weighted by Crippen LogP contribution is 2.12. The number of nitrogens with two attached hydrogens (primary N) is 1. The normalized spacial score (nSPS) is 9.73. The lowest BCUT2D eigenvalue weighted by atomic mass is 10.2. The van der Waals surface area contributed by atoms with Gasteiger partial charge in [-0.25, -0.2) is 4.79 Å². The van der Waals surface area contributed by atoms with Gasteiger partial charge in [-0.1, -0.05) is 0 Å². The molecule has 0 amide bonds. The summed E-state index contributed by atoms with van der Waals surface area (Å²) in [4.78, 5) is 26.1. The first-order valence-corrected chi connectivity index (χ1v) is 4.49. The Balaban J connectivity index is 3.01. The predicted octanol–water partition coefficient (Wildman–Crippen LogP) is 1.04. The molecule has 1 rings (SSSR count). The zero-order valence-electron chi connectivity index (χ0n) is 8.61. The van der Waals surface area contributed by atoms with E-state index in [4.69, 9.17) is 10.5 Å². The molecule has 0 unspecified atom stereocenters. The molecule has 0 bridgehead atoms. The van der Waals surface area contributed by atoms with Gasteiger partial charge in [0.05, 0.1) is 17.9 Å². The average Bonchev–Trinajstić information content (AvgIpc) is 2.17. The number of esters is 1. The molecule has 5 nitrogen and oxygen atoms in total. The van der Waals surface area contributed by atoms with Crippen LogP contribution in [0.3, 0.4) is 0 Å². The summed E-state index contributed by atoms with van der Waals surface area (Å²) in [6.07, 6.45) is 1.28. The molecule has 0 spiro atoms. The van der Waals surface area contributed by atoms with Crippen LogP contribution >= 0.6 is 0 Å². The van der Waals surface area contributed by atoms with E-state index in [1.807, 2.05) is 0 Å². The van der Waals surface area contributed by atoms with Crippen molar-refractivity contribution in [2.45, 2.75) is 13.8 Å². The quantitative estimate of drug-likeness (QED) is 0.592. The Morgan fingerprint density at radius 3 is 2.67 bits per heavy atom. The summed E-state index contributed by atoms with van der Waals surface area (Å²) in [6.45, 7) is 3.36. The Labute approximate surface area is 87.3 Å². The molecule has 0 saturated heterocycles. The van der Waals surface area contributed by atoms with Crippen molar-refractivity contribution in [1.29, 1.82) is 0 Å². The van der Waals surface area contributed by atoms with E-state index in [9.17, 15) is 9.59 Å². The second-order valence-electron chi connectivity index (χ2n) is 2.94. The minimum atomic E-state index is -0.494. The summed E-state index contributed by atoms with van der Waals surface area (Å²) < 4.78 is 4.76. The third-order valence-electron chi connectivity index (χ3n) is 1.76. The monoisotopic (exact) mass is 208 g/mol. The van der Waals surface area contributed by atoms with Gasteiger partial charge in [-0.15, -0.1) is 0 Å². The fraction of sp³-hybridized carbons (Fsp3) is 0.300. The first-order chi connectivity index (χ1) is 7.06. The maximum Gasteiger partial charge on any atom is 0.339 e. The molecule has 0 saturated carbocycles. The van der Waals surface area contributed by atoms with Gasteiger partial charge in [-0.2, -0.15) is 0 Å². The molecule has 0 aliphatic rings. The van der Waals surface area contributed by atoms with Gasteiger partial charge < -0.3 is 10.5 Å². The molecule has 0 aromatic carbocycles. The van der Waals surface area contributed by atoms with Gasteiger partial charge in [0, 0.05) is 13.1 Å². The molecule has 1 aromatic rings. The van der Waals surface area contributed by atoms with Crippen molar-refractivity contribution in [2.75, 3.05) is 12.3 Å². The van der Waals surface area contributed by atoms with Gasteiger partial charge in [0.2, 0.25) is 0 Å². The number of ether oxygens (including phenoxy) is 1. The van der Waals surface area contributed by atoms with Crippen molar-refractivity contribution in [1.82, 2.24) is 4.98 Å². The molecule has 0 fully saturated rings. The Hall–Kier alpha value is -1.91. The van der Waals surface area contributed by atoms with Gasteiger partial charge in [-0.05, 0) is 13.0 Å². The number of pyridine rings is 1. The molecule has 0 atom stereocenters. The highest BCUT2D eigenvalue weighted by Gasteiger charge is 2.12. The van der Waals surface area contributed by atoms with Gasteiger partial charge in [0.15, 0.2) is 5.78 Å². The summed E-state index contributed by atoms with van der Waals surface area (Å²) in [5.74, 6) is -0.727. The van der Waals surface area contributed by atoms with Crippen LogP contribution in [0.25, 0.3) is 0 Å². The van der Waals surface area contributed by atoms with E-state index in [0.29, 0.717) is 0 Å². The third kappa shape index (κ3) is 2.52. The summed E-state index contributed by atoms with van der Waals surface area (Å²) in [5, 5.41) is 0. The van der Waals surface area contributed by atoms with E-state index < -0.39 is 5.97 Å². The number of hydrogen-bond acceptors (Lipinski definition) is 5. The number of carbonyl (C=O) groups is 2. The van der Waals surface area contributed by atoms with Crippen LogP contribution in [0.15, 0.2) is 12.3 Å². The summed E-state index contributed by atoms with van der Waals surface area (Å²) in [5.41, 5.74) is 6.17. The number of rotatable bonds is 3. The van der Waals surface area contributed by atoms with Crippen LogP contribution in [-0.2, 0) is 4.74 Å². The lowest BCUT2D eigenvalue weighted by Crippen LogP contribution is -2.09. The van der Waals surface area contributed by atoms with Gasteiger partial charge in [0.1, 0.15) is 5.69 Å². The lowest BCUT2D eigenvalue weighted by Gasteiger charge is -2.04. The Bertz CT molecular complexity index is 402. The predicted molar refractivity (Wildman–Crippen MR) is 54.6 cm³/mol. The van der Waals surface area contributed by atoms with E-state index >= 15 is 0 Å². The number of hydrogen-bond donors (Lipinski definition) is 1. The van der Waals surface area contributed by atoms with E-state index in [1.165, 1.54) is 19.2 Å². The van der Waals surface area contributed by atoms with Gasteiger partial charge in [0.25, 0.3) is 0 Å². The molecule has 1 aromatic heterocycles. The van der Waals surface area contributed by atoms with Crippen molar-refractivity contribution in [3.05, 3.63) is 23.5 Å². The first-order valence-electron chi connectivity index (χ1n) is 4.49. The van der Waals surface area contributed by atoms with Gasteiger partial charge >= 0.3 is 5.97 Å². The van der Waals surface area contributed by atoms with Crippen molar-refractivity contribution >= 4 is 17.4 Å². The summed E-state index contributed by atoms with van der Waals surface area (Å²) in [6, 6.07) is 1.39. The molecule has 0 radical (unpaired) electrons. The second-order valence-corrected chi connectivity index (χ2v) is 2.94. The fourth-order valence-electron chi connectivity index (χ4n) is 1.10. The number of Topliss-reactive ketones (excluding diaryl/α,β-unsaturated/α-hetero) is 1. The largest absolute Gasteiger partial charge is 0.462 e.